The van der Waals surface area contributed by atoms with Crippen molar-refractivity contribution in [3.8, 4) is 0 Å². The van der Waals surface area contributed by atoms with Gasteiger partial charge in [-0.2, -0.15) is 8.78 Å². The van der Waals surface area contributed by atoms with E-state index in [9.17, 15) is 18.4 Å². The van der Waals surface area contributed by atoms with Gasteiger partial charge in [-0.15, -0.1) is 0 Å². The molecule has 0 aliphatic heterocycles. The van der Waals surface area contributed by atoms with E-state index >= 15 is 0 Å². The first-order valence-corrected chi connectivity index (χ1v) is 5.26. The molecule has 0 bridgehead atoms. The molecule has 0 radical (unpaired) electrons. The van der Waals surface area contributed by atoms with Gasteiger partial charge >= 0.3 is 18.0 Å². The number of halogens is 2. The van der Waals surface area contributed by atoms with E-state index in [4.69, 9.17) is 5.11 Å². The molecule has 0 aliphatic carbocycles. The fraction of sp³-hybridized carbons (Fsp3) is 0.800. The van der Waals surface area contributed by atoms with E-state index in [0.717, 1.165) is 0 Å². The predicted molar refractivity (Wildman–Crippen MR) is 55.6 cm³/mol. The molecule has 0 saturated carbocycles. The molecule has 0 fully saturated rings. The van der Waals surface area contributed by atoms with Crippen molar-refractivity contribution in [2.45, 2.75) is 39.3 Å². The minimum atomic E-state index is -4.00. The Bertz CT molecular complexity index is 281. The molecule has 0 aromatic heterocycles. The van der Waals surface area contributed by atoms with Gasteiger partial charge < -0.3 is 15.2 Å². The van der Waals surface area contributed by atoms with E-state index in [-0.39, 0.29) is 18.9 Å². The Balaban J connectivity index is 4.55. The monoisotopic (exact) mass is 253 g/mol. The molecule has 0 aromatic carbocycles. The lowest BCUT2D eigenvalue weighted by Crippen LogP contribution is -2.50. The van der Waals surface area contributed by atoms with Gasteiger partial charge in [0.25, 0.3) is 0 Å². The van der Waals surface area contributed by atoms with Crippen molar-refractivity contribution in [2.24, 2.45) is 5.92 Å². The number of alkyl halides is 2. The second-order valence-corrected chi connectivity index (χ2v) is 3.94. The molecular formula is C10H17F2NO4. The van der Waals surface area contributed by atoms with Crippen LogP contribution in [0.2, 0.25) is 0 Å². The van der Waals surface area contributed by atoms with E-state index in [1.54, 1.807) is 19.2 Å². The van der Waals surface area contributed by atoms with Crippen LogP contribution >= 0.6 is 0 Å². The summed E-state index contributed by atoms with van der Waals surface area (Å²) in [6, 6.07) is -1.34. The van der Waals surface area contributed by atoms with Crippen molar-refractivity contribution in [1.29, 1.82) is 0 Å². The van der Waals surface area contributed by atoms with Crippen molar-refractivity contribution >= 4 is 11.9 Å². The van der Waals surface area contributed by atoms with Gasteiger partial charge in [0.2, 0.25) is 0 Å². The number of nitrogens with one attached hydrogen (secondary N) is 1. The minimum absolute atomic E-state index is 0.0443. The Hall–Kier alpha value is -1.24. The Kier molecular flexibility index (Phi) is 6.01. The summed E-state index contributed by atoms with van der Waals surface area (Å²) < 4.78 is 29.8. The Morgan fingerprint density at radius 3 is 2.29 bits per heavy atom. The highest BCUT2D eigenvalue weighted by Gasteiger charge is 2.41. The molecule has 5 nitrogen and oxygen atoms in total. The first-order chi connectivity index (χ1) is 7.70. The molecule has 0 spiro atoms. The van der Waals surface area contributed by atoms with Gasteiger partial charge in [0.05, 0.1) is 6.61 Å². The van der Waals surface area contributed by atoms with Gasteiger partial charge in [0.15, 0.2) is 0 Å². The number of ether oxygens (including phenoxy) is 1. The first-order valence-electron chi connectivity index (χ1n) is 5.26. The van der Waals surface area contributed by atoms with Crippen LogP contribution in [-0.4, -0.2) is 35.7 Å². The molecule has 17 heavy (non-hydrogen) atoms. The number of carboxylic acids is 1. The summed E-state index contributed by atoms with van der Waals surface area (Å²) in [5, 5.41) is 10.5. The third kappa shape index (κ3) is 5.58. The van der Waals surface area contributed by atoms with Gasteiger partial charge in [-0.05, 0) is 19.3 Å². The van der Waals surface area contributed by atoms with Gasteiger partial charge in [-0.25, -0.2) is 4.79 Å². The van der Waals surface area contributed by atoms with Crippen LogP contribution in [0.1, 0.15) is 27.2 Å². The lowest BCUT2D eigenvalue weighted by molar-refractivity contribution is -0.229. The average Bonchev–Trinajstić information content (AvgIpc) is 2.15. The molecule has 7 heteroatoms. The van der Waals surface area contributed by atoms with Crippen molar-refractivity contribution in [3.63, 3.8) is 0 Å². The summed E-state index contributed by atoms with van der Waals surface area (Å²) in [5.74, 6) is -3.12. The normalized spacial score (nSPS) is 13.5. The molecule has 0 rings (SSSR count). The van der Waals surface area contributed by atoms with Crippen LogP contribution in [0.5, 0.6) is 0 Å². The lowest BCUT2D eigenvalue weighted by Gasteiger charge is -2.20. The fourth-order valence-corrected chi connectivity index (χ4v) is 1.18. The van der Waals surface area contributed by atoms with Crippen LogP contribution in [0.15, 0.2) is 0 Å². The Morgan fingerprint density at radius 2 is 1.94 bits per heavy atom. The fourth-order valence-electron chi connectivity index (χ4n) is 1.18. The summed E-state index contributed by atoms with van der Waals surface area (Å²) in [7, 11) is 0. The van der Waals surface area contributed by atoms with E-state index in [0.29, 0.717) is 0 Å². The smallest absolute Gasteiger partial charge is 0.436 e. The molecule has 0 saturated heterocycles. The number of amides is 1. The molecular weight excluding hydrogens is 236 g/mol. The maximum absolute atomic E-state index is 13.0. The second kappa shape index (κ2) is 6.48. The second-order valence-electron chi connectivity index (χ2n) is 3.94. The van der Waals surface area contributed by atoms with Gasteiger partial charge in [-0.3, -0.25) is 4.79 Å². The van der Waals surface area contributed by atoms with E-state index in [1.807, 2.05) is 0 Å². The van der Waals surface area contributed by atoms with Crippen molar-refractivity contribution in [3.05, 3.63) is 0 Å². The van der Waals surface area contributed by atoms with Crippen LogP contribution < -0.4 is 5.32 Å². The maximum atomic E-state index is 13.0. The summed E-state index contributed by atoms with van der Waals surface area (Å²) in [4.78, 5) is 21.9. The maximum Gasteiger partial charge on any atom is 0.436 e. The van der Waals surface area contributed by atoms with Crippen LogP contribution in [0.25, 0.3) is 0 Å². The number of hydrogen-bond acceptors (Lipinski definition) is 3. The molecule has 100 valence electrons. The SMILES string of the molecule is CCOC(F)(F)C(=O)NC(CC(C)C)C(=O)O. The van der Waals surface area contributed by atoms with Gasteiger partial charge in [0.1, 0.15) is 6.04 Å². The number of hydrogen-bond donors (Lipinski definition) is 2. The number of carbonyl (C=O) groups is 2. The summed E-state index contributed by atoms with van der Waals surface area (Å²) >= 11 is 0. The first kappa shape index (κ1) is 15.8. The summed E-state index contributed by atoms with van der Waals surface area (Å²) in [5.41, 5.74) is 0. The van der Waals surface area contributed by atoms with Crippen molar-refractivity contribution in [1.82, 2.24) is 5.32 Å². The van der Waals surface area contributed by atoms with E-state index in [2.05, 4.69) is 4.74 Å². The zero-order valence-corrected chi connectivity index (χ0v) is 10.00. The minimum Gasteiger partial charge on any atom is -0.480 e. The van der Waals surface area contributed by atoms with Crippen LogP contribution in [-0.2, 0) is 14.3 Å². The molecule has 0 aromatic rings. The zero-order valence-electron chi connectivity index (χ0n) is 10.00. The van der Waals surface area contributed by atoms with Crippen LogP contribution in [0.4, 0.5) is 8.78 Å². The van der Waals surface area contributed by atoms with Gasteiger partial charge in [0, 0.05) is 0 Å². The highest BCUT2D eigenvalue weighted by atomic mass is 19.3. The van der Waals surface area contributed by atoms with Crippen molar-refractivity contribution < 1.29 is 28.2 Å². The van der Waals surface area contributed by atoms with Crippen LogP contribution in [0.3, 0.4) is 0 Å². The highest BCUT2D eigenvalue weighted by molar-refractivity contribution is 5.87. The average molecular weight is 253 g/mol. The zero-order chi connectivity index (χ0) is 13.6. The molecule has 1 atom stereocenters. The van der Waals surface area contributed by atoms with E-state index < -0.39 is 24.0 Å². The third-order valence-electron chi connectivity index (χ3n) is 1.90. The lowest BCUT2D eigenvalue weighted by atomic mass is 10.0. The summed E-state index contributed by atoms with van der Waals surface area (Å²) in [6.07, 6.45) is -3.93. The highest BCUT2D eigenvalue weighted by Crippen LogP contribution is 2.16. The standard InChI is InChI=1S/C10H17F2NO4/c1-4-17-10(11,12)9(16)13-7(8(14)15)5-6(2)3/h6-7H,4-5H2,1-3H3,(H,13,16)(H,14,15). The molecule has 0 heterocycles. The number of aliphatic carboxylic acids is 1. The van der Waals surface area contributed by atoms with Gasteiger partial charge in [-0.1, -0.05) is 13.8 Å². The molecule has 1 amide bonds. The Morgan fingerprint density at radius 1 is 1.41 bits per heavy atom. The quantitative estimate of drug-likeness (QED) is 0.715. The largest absolute Gasteiger partial charge is 0.480 e. The third-order valence-corrected chi connectivity index (χ3v) is 1.90. The Labute approximate surface area is 98.1 Å². The number of carboxylic acid groups (broad SMARTS) is 1. The number of rotatable bonds is 7. The van der Waals surface area contributed by atoms with E-state index in [1.165, 1.54) is 6.92 Å². The van der Waals surface area contributed by atoms with Crippen molar-refractivity contribution in [2.75, 3.05) is 6.61 Å². The molecule has 1 unspecified atom stereocenters. The topological polar surface area (TPSA) is 75.6 Å². The number of carbonyl (C=O) groups excluding carboxylic acids is 1. The van der Waals surface area contributed by atoms with Crippen LogP contribution in [0, 0.1) is 5.92 Å². The predicted octanol–water partition coefficient (Wildman–Crippen LogP) is 1.23. The molecule has 0 aliphatic rings. The molecule has 2 N–H and O–H groups in total. The summed E-state index contributed by atoms with van der Waals surface area (Å²) in [6.45, 7) is 4.41.